The number of thiazole rings is 1. The summed E-state index contributed by atoms with van der Waals surface area (Å²) in [5.41, 5.74) is 3.83. The summed E-state index contributed by atoms with van der Waals surface area (Å²) in [6.07, 6.45) is 2.88. The third kappa shape index (κ3) is 3.03. The molecule has 0 unspecified atom stereocenters. The first-order valence-electron chi connectivity index (χ1n) is 9.27. The third-order valence-corrected chi connectivity index (χ3v) is 6.02. The van der Waals surface area contributed by atoms with E-state index in [2.05, 4.69) is 24.5 Å². The van der Waals surface area contributed by atoms with Crippen molar-refractivity contribution in [2.24, 2.45) is 0 Å². The molecular formula is C21H18ClN5S. The van der Waals surface area contributed by atoms with E-state index < -0.39 is 0 Å². The van der Waals surface area contributed by atoms with Gasteiger partial charge >= 0.3 is 0 Å². The molecular weight excluding hydrogens is 390 g/mol. The number of likely N-dealkylation sites (N-methyl/N-ethyl adjacent to an activating group) is 1. The highest BCUT2D eigenvalue weighted by molar-refractivity contribution is 7.20. The van der Waals surface area contributed by atoms with Crippen LogP contribution in [-0.2, 0) is 6.42 Å². The van der Waals surface area contributed by atoms with Gasteiger partial charge in [-0.15, -0.1) is 0 Å². The summed E-state index contributed by atoms with van der Waals surface area (Å²) in [4.78, 5) is 9.63. The minimum atomic E-state index is 0.683. The summed E-state index contributed by atoms with van der Waals surface area (Å²) in [6.45, 7) is 3.92. The van der Waals surface area contributed by atoms with Gasteiger partial charge in [0, 0.05) is 35.0 Å². The van der Waals surface area contributed by atoms with E-state index in [-0.39, 0.29) is 0 Å². The largest absolute Gasteiger partial charge is 0.317 e. The maximum Gasteiger partial charge on any atom is 0.211 e. The molecule has 28 heavy (non-hydrogen) atoms. The highest BCUT2D eigenvalue weighted by Crippen LogP contribution is 2.30. The topological polar surface area (TPSA) is 55.6 Å². The van der Waals surface area contributed by atoms with Gasteiger partial charge in [0.1, 0.15) is 5.52 Å². The number of nitrogens with zero attached hydrogens (tertiary/aromatic N) is 4. The van der Waals surface area contributed by atoms with Crippen molar-refractivity contribution in [3.05, 3.63) is 59.4 Å². The first kappa shape index (κ1) is 17.6. The molecule has 0 aliphatic carbocycles. The molecule has 0 spiro atoms. The minimum Gasteiger partial charge on any atom is -0.317 e. The van der Waals surface area contributed by atoms with E-state index in [1.165, 1.54) is 0 Å². The Balaban J connectivity index is 1.71. The number of benzene rings is 2. The van der Waals surface area contributed by atoms with Crippen molar-refractivity contribution >= 4 is 55.0 Å². The van der Waals surface area contributed by atoms with Gasteiger partial charge < -0.3 is 5.32 Å². The van der Waals surface area contributed by atoms with Crippen LogP contribution in [0.4, 0.5) is 0 Å². The molecule has 0 radical (unpaired) electrons. The first-order valence-corrected chi connectivity index (χ1v) is 10.5. The fourth-order valence-corrected chi connectivity index (χ4v) is 4.48. The highest BCUT2D eigenvalue weighted by atomic mass is 35.5. The molecule has 0 bridgehead atoms. The van der Waals surface area contributed by atoms with Crippen LogP contribution in [0.25, 0.3) is 37.2 Å². The lowest BCUT2D eigenvalue weighted by Crippen LogP contribution is -2.16. The Hall–Kier alpha value is -2.54. The van der Waals surface area contributed by atoms with Gasteiger partial charge in [0.25, 0.3) is 0 Å². The van der Waals surface area contributed by atoms with Crippen molar-refractivity contribution in [2.45, 2.75) is 13.3 Å². The lowest BCUT2D eigenvalue weighted by molar-refractivity contribution is 0.712. The van der Waals surface area contributed by atoms with Gasteiger partial charge in [-0.2, -0.15) is 5.10 Å². The number of hydrogen-bond donors (Lipinski definition) is 1. The van der Waals surface area contributed by atoms with Gasteiger partial charge in [-0.1, -0.05) is 42.0 Å². The number of hydrogen-bond acceptors (Lipinski definition) is 5. The maximum absolute atomic E-state index is 6.21. The van der Waals surface area contributed by atoms with Gasteiger partial charge in [0.05, 0.1) is 21.4 Å². The summed E-state index contributed by atoms with van der Waals surface area (Å²) in [6, 6.07) is 13.9. The van der Waals surface area contributed by atoms with E-state index in [9.17, 15) is 0 Å². The quantitative estimate of drug-likeness (QED) is 0.417. The molecule has 3 heterocycles. The number of nitrogens with one attached hydrogen (secondary N) is 1. The van der Waals surface area contributed by atoms with Crippen molar-refractivity contribution in [1.82, 2.24) is 25.1 Å². The third-order valence-electron chi connectivity index (χ3n) is 4.76. The van der Waals surface area contributed by atoms with Crippen LogP contribution in [0, 0.1) is 0 Å². The molecule has 0 atom stereocenters. The molecule has 7 heteroatoms. The van der Waals surface area contributed by atoms with Crippen molar-refractivity contribution in [3.63, 3.8) is 0 Å². The molecule has 0 fully saturated rings. The van der Waals surface area contributed by atoms with E-state index in [1.807, 2.05) is 41.1 Å². The molecule has 0 aliphatic rings. The van der Waals surface area contributed by atoms with Gasteiger partial charge in [-0.05, 0) is 36.9 Å². The van der Waals surface area contributed by atoms with Crippen LogP contribution >= 0.6 is 22.9 Å². The Labute approximate surface area is 171 Å². The Morgan fingerprint density at radius 1 is 1.07 bits per heavy atom. The smallest absolute Gasteiger partial charge is 0.211 e. The van der Waals surface area contributed by atoms with Gasteiger partial charge in [0.2, 0.25) is 5.13 Å². The van der Waals surface area contributed by atoms with Crippen LogP contribution in [0.5, 0.6) is 0 Å². The van der Waals surface area contributed by atoms with Crippen LogP contribution < -0.4 is 5.32 Å². The average Bonchev–Trinajstić information content (AvgIpc) is 3.32. The zero-order chi connectivity index (χ0) is 19.1. The normalized spacial score (nSPS) is 11.8. The number of fused-ring (bicyclic) bond motifs is 4. The zero-order valence-electron chi connectivity index (χ0n) is 15.3. The number of pyridine rings is 1. The van der Waals surface area contributed by atoms with Crippen molar-refractivity contribution in [3.8, 4) is 5.13 Å². The van der Waals surface area contributed by atoms with Crippen LogP contribution in [0.2, 0.25) is 5.02 Å². The predicted molar refractivity (Wildman–Crippen MR) is 117 cm³/mol. The summed E-state index contributed by atoms with van der Waals surface area (Å²) >= 11 is 7.85. The standard InChI is InChI=1S/C21H18ClN5S/c1-2-23-10-9-16-15-12-27(21-25-17-5-3-4-6-19(17)28-21)26-20(15)14-8-7-13(22)11-18(14)24-16/h3-8,11-12,23H,2,9-10H2,1H3. The zero-order valence-corrected chi connectivity index (χ0v) is 16.9. The molecule has 0 aliphatic heterocycles. The summed E-state index contributed by atoms with van der Waals surface area (Å²) in [5.74, 6) is 0. The van der Waals surface area contributed by atoms with Crippen molar-refractivity contribution < 1.29 is 0 Å². The van der Waals surface area contributed by atoms with E-state index in [0.717, 1.165) is 62.4 Å². The number of para-hydroxylation sites is 1. The molecule has 140 valence electrons. The van der Waals surface area contributed by atoms with Crippen molar-refractivity contribution in [1.29, 1.82) is 0 Å². The second-order valence-electron chi connectivity index (χ2n) is 6.62. The van der Waals surface area contributed by atoms with Gasteiger partial charge in [-0.3, -0.25) is 4.98 Å². The lowest BCUT2D eigenvalue weighted by Gasteiger charge is -2.06. The fraction of sp³-hybridized carbons (Fsp3) is 0.190. The molecule has 1 N–H and O–H groups in total. The van der Waals surface area contributed by atoms with E-state index in [1.54, 1.807) is 11.3 Å². The summed E-state index contributed by atoms with van der Waals surface area (Å²) in [5, 5.41) is 11.9. The summed E-state index contributed by atoms with van der Waals surface area (Å²) in [7, 11) is 0. The first-order chi connectivity index (χ1) is 13.7. The minimum absolute atomic E-state index is 0.683. The SMILES string of the molecule is CCNCCc1nc2cc(Cl)ccc2c2nn(-c3nc4ccccc4s3)cc12. The van der Waals surface area contributed by atoms with Crippen LogP contribution in [0.3, 0.4) is 0 Å². The molecule has 5 nitrogen and oxygen atoms in total. The number of halogens is 1. The van der Waals surface area contributed by atoms with Crippen molar-refractivity contribution in [2.75, 3.05) is 13.1 Å². The molecule has 0 saturated heterocycles. The fourth-order valence-electron chi connectivity index (χ4n) is 3.42. The number of rotatable bonds is 5. The highest BCUT2D eigenvalue weighted by Gasteiger charge is 2.15. The Bertz CT molecular complexity index is 1270. The second kappa shape index (κ2) is 7.13. The van der Waals surface area contributed by atoms with E-state index >= 15 is 0 Å². The Kier molecular flexibility index (Phi) is 4.47. The van der Waals surface area contributed by atoms with Crippen LogP contribution in [0.1, 0.15) is 12.6 Å². The monoisotopic (exact) mass is 407 g/mol. The molecule has 0 amide bonds. The Morgan fingerprint density at radius 3 is 2.82 bits per heavy atom. The molecule has 3 aromatic heterocycles. The summed E-state index contributed by atoms with van der Waals surface area (Å²) < 4.78 is 3.03. The second-order valence-corrected chi connectivity index (χ2v) is 8.07. The van der Waals surface area contributed by atoms with Crippen LogP contribution in [0.15, 0.2) is 48.7 Å². The Morgan fingerprint density at radius 2 is 1.96 bits per heavy atom. The van der Waals surface area contributed by atoms with Gasteiger partial charge in [0.15, 0.2) is 0 Å². The molecule has 5 aromatic rings. The maximum atomic E-state index is 6.21. The van der Waals surface area contributed by atoms with Crippen LogP contribution in [-0.4, -0.2) is 32.8 Å². The van der Waals surface area contributed by atoms with E-state index in [0.29, 0.717) is 5.02 Å². The molecule has 2 aromatic carbocycles. The lowest BCUT2D eigenvalue weighted by atomic mass is 10.1. The van der Waals surface area contributed by atoms with E-state index in [4.69, 9.17) is 26.7 Å². The van der Waals surface area contributed by atoms with Gasteiger partial charge in [-0.25, -0.2) is 9.67 Å². The molecule has 0 saturated carbocycles. The predicted octanol–water partition coefficient (Wildman–Crippen LogP) is 4.99. The molecule has 5 rings (SSSR count). The number of aromatic nitrogens is 4. The average molecular weight is 408 g/mol.